The molecule has 0 N–H and O–H groups in total. The zero-order valence-electron chi connectivity index (χ0n) is 8.52. The van der Waals surface area contributed by atoms with Crippen LogP contribution in [0, 0.1) is 5.92 Å². The third-order valence-electron chi connectivity index (χ3n) is 4.17. The molecule has 1 aromatic rings. The van der Waals surface area contributed by atoms with Gasteiger partial charge in [-0.15, -0.1) is 0 Å². The van der Waals surface area contributed by atoms with E-state index in [1.807, 2.05) is 6.07 Å². The van der Waals surface area contributed by atoms with E-state index in [-0.39, 0.29) is 0 Å². The van der Waals surface area contributed by atoms with Crippen LogP contribution in [0.2, 0.25) is 5.02 Å². The molecule has 1 fully saturated rings. The summed E-state index contributed by atoms with van der Waals surface area (Å²) in [6, 6.07) is 6.46. The Bertz CT molecular complexity index is 383. The molecular formula is C13H15Cl. The molecule has 2 aliphatic carbocycles. The molecule has 0 bridgehead atoms. The fourth-order valence-corrected chi connectivity index (χ4v) is 3.45. The van der Waals surface area contributed by atoms with Crippen LogP contribution in [0.3, 0.4) is 0 Å². The quantitative estimate of drug-likeness (QED) is 0.653. The second-order valence-corrected chi connectivity index (χ2v) is 5.20. The van der Waals surface area contributed by atoms with Crippen molar-refractivity contribution >= 4 is 11.6 Å². The summed E-state index contributed by atoms with van der Waals surface area (Å²) in [5.41, 5.74) is 3.66. The van der Waals surface area contributed by atoms with E-state index in [4.69, 9.17) is 11.6 Å². The van der Waals surface area contributed by atoms with Gasteiger partial charge in [-0.3, -0.25) is 0 Å². The lowest BCUT2D eigenvalue weighted by atomic mass is 9.95. The van der Waals surface area contributed by atoms with E-state index in [0.717, 1.165) is 10.9 Å². The van der Waals surface area contributed by atoms with Gasteiger partial charge < -0.3 is 0 Å². The van der Waals surface area contributed by atoms with Gasteiger partial charge in [-0.05, 0) is 53.9 Å². The standard InChI is InChI=1S/C13H15Cl/c1-2-10-8-13(10)6-5-9-3-4-11(14)7-12(9)13/h3-4,7,10H,2,5-6,8H2,1H3/t10-,13+/m0/s1. The minimum atomic E-state index is 0.551. The molecule has 0 unspecified atom stereocenters. The maximum atomic E-state index is 6.07. The molecule has 2 atom stereocenters. The highest BCUT2D eigenvalue weighted by atomic mass is 35.5. The predicted molar refractivity (Wildman–Crippen MR) is 59.8 cm³/mol. The van der Waals surface area contributed by atoms with Crippen molar-refractivity contribution in [1.82, 2.24) is 0 Å². The molecule has 1 spiro atoms. The minimum Gasteiger partial charge on any atom is -0.0843 e. The molecule has 0 heterocycles. The lowest BCUT2D eigenvalue weighted by Gasteiger charge is -2.10. The van der Waals surface area contributed by atoms with Gasteiger partial charge >= 0.3 is 0 Å². The average Bonchev–Trinajstić information content (AvgIpc) is 2.80. The van der Waals surface area contributed by atoms with Crippen LogP contribution in [-0.2, 0) is 11.8 Å². The molecule has 1 saturated carbocycles. The van der Waals surface area contributed by atoms with Gasteiger partial charge in [-0.1, -0.05) is 31.0 Å². The Hall–Kier alpha value is -0.490. The van der Waals surface area contributed by atoms with Gasteiger partial charge in [0.25, 0.3) is 0 Å². The number of hydrogen-bond acceptors (Lipinski definition) is 0. The Morgan fingerprint density at radius 1 is 1.50 bits per heavy atom. The van der Waals surface area contributed by atoms with Gasteiger partial charge in [0.15, 0.2) is 0 Å². The Kier molecular flexibility index (Phi) is 1.73. The molecule has 2 aliphatic rings. The second kappa shape index (κ2) is 2.76. The van der Waals surface area contributed by atoms with Gasteiger partial charge in [0.2, 0.25) is 0 Å². The van der Waals surface area contributed by atoms with Crippen molar-refractivity contribution in [2.45, 2.75) is 38.0 Å². The number of aryl methyl sites for hydroxylation is 1. The Balaban J connectivity index is 2.06. The Morgan fingerprint density at radius 2 is 2.36 bits per heavy atom. The van der Waals surface area contributed by atoms with E-state index in [1.165, 1.54) is 25.7 Å². The molecule has 14 heavy (non-hydrogen) atoms. The van der Waals surface area contributed by atoms with Gasteiger partial charge in [-0.25, -0.2) is 0 Å². The monoisotopic (exact) mass is 206 g/mol. The summed E-state index contributed by atoms with van der Waals surface area (Å²) in [4.78, 5) is 0. The van der Waals surface area contributed by atoms with Crippen molar-refractivity contribution in [2.75, 3.05) is 0 Å². The van der Waals surface area contributed by atoms with Crippen LogP contribution in [-0.4, -0.2) is 0 Å². The fourth-order valence-electron chi connectivity index (χ4n) is 3.27. The van der Waals surface area contributed by atoms with E-state index in [1.54, 1.807) is 11.1 Å². The van der Waals surface area contributed by atoms with Crippen LogP contribution in [0.25, 0.3) is 0 Å². The highest BCUT2D eigenvalue weighted by Crippen LogP contribution is 2.62. The molecule has 1 heteroatoms. The molecule has 0 aromatic heterocycles. The van der Waals surface area contributed by atoms with Crippen molar-refractivity contribution in [3.63, 3.8) is 0 Å². The smallest absolute Gasteiger partial charge is 0.0409 e. The fraction of sp³-hybridized carbons (Fsp3) is 0.538. The number of rotatable bonds is 1. The number of benzene rings is 1. The van der Waals surface area contributed by atoms with Gasteiger partial charge in [0.1, 0.15) is 0 Å². The van der Waals surface area contributed by atoms with Crippen LogP contribution in [0.5, 0.6) is 0 Å². The molecular weight excluding hydrogens is 192 g/mol. The number of hydrogen-bond donors (Lipinski definition) is 0. The zero-order valence-corrected chi connectivity index (χ0v) is 9.27. The average molecular weight is 207 g/mol. The molecule has 74 valence electrons. The van der Waals surface area contributed by atoms with Crippen LogP contribution >= 0.6 is 11.6 Å². The molecule has 0 radical (unpaired) electrons. The summed E-state index contributed by atoms with van der Waals surface area (Å²) in [7, 11) is 0. The molecule has 0 nitrogen and oxygen atoms in total. The number of halogens is 1. The van der Waals surface area contributed by atoms with Crippen LogP contribution in [0.4, 0.5) is 0 Å². The first kappa shape index (κ1) is 8.79. The van der Waals surface area contributed by atoms with Crippen molar-refractivity contribution in [3.05, 3.63) is 34.3 Å². The summed E-state index contributed by atoms with van der Waals surface area (Å²) in [5, 5.41) is 0.909. The highest BCUT2D eigenvalue weighted by molar-refractivity contribution is 6.30. The summed E-state index contributed by atoms with van der Waals surface area (Å²) >= 11 is 6.07. The molecule has 0 aliphatic heterocycles. The minimum absolute atomic E-state index is 0.551. The zero-order chi connectivity index (χ0) is 9.76. The molecule has 3 rings (SSSR count). The van der Waals surface area contributed by atoms with E-state index in [2.05, 4.69) is 19.1 Å². The van der Waals surface area contributed by atoms with E-state index in [9.17, 15) is 0 Å². The van der Waals surface area contributed by atoms with Crippen molar-refractivity contribution in [1.29, 1.82) is 0 Å². The molecule has 1 aromatic carbocycles. The van der Waals surface area contributed by atoms with Gasteiger partial charge in [-0.2, -0.15) is 0 Å². The maximum absolute atomic E-state index is 6.07. The van der Waals surface area contributed by atoms with Crippen molar-refractivity contribution in [3.8, 4) is 0 Å². The third kappa shape index (κ3) is 1.01. The van der Waals surface area contributed by atoms with Gasteiger partial charge in [0.05, 0.1) is 0 Å². The van der Waals surface area contributed by atoms with Crippen molar-refractivity contribution < 1.29 is 0 Å². The summed E-state index contributed by atoms with van der Waals surface area (Å²) < 4.78 is 0. The normalized spacial score (nSPS) is 33.4. The summed E-state index contributed by atoms with van der Waals surface area (Å²) in [6.45, 7) is 2.31. The maximum Gasteiger partial charge on any atom is 0.0409 e. The van der Waals surface area contributed by atoms with Gasteiger partial charge in [0, 0.05) is 5.02 Å². The SMILES string of the molecule is CC[C@H]1C[C@]12CCc1ccc(Cl)cc12. The molecule has 0 amide bonds. The van der Waals surface area contributed by atoms with Crippen LogP contribution in [0.1, 0.15) is 37.3 Å². The Morgan fingerprint density at radius 3 is 3.07 bits per heavy atom. The summed E-state index contributed by atoms with van der Waals surface area (Å²) in [5.74, 6) is 0.933. The van der Waals surface area contributed by atoms with Crippen molar-refractivity contribution in [2.24, 2.45) is 5.92 Å². The largest absolute Gasteiger partial charge is 0.0843 e. The third-order valence-corrected chi connectivity index (χ3v) is 4.41. The lowest BCUT2D eigenvalue weighted by molar-refractivity contribution is 0.585. The van der Waals surface area contributed by atoms with Crippen LogP contribution < -0.4 is 0 Å². The first-order valence-corrected chi connectivity index (χ1v) is 5.93. The Labute approximate surface area is 90.3 Å². The highest BCUT2D eigenvalue weighted by Gasteiger charge is 2.56. The van der Waals surface area contributed by atoms with E-state index >= 15 is 0 Å². The van der Waals surface area contributed by atoms with E-state index in [0.29, 0.717) is 5.41 Å². The lowest BCUT2D eigenvalue weighted by Crippen LogP contribution is -2.04. The topological polar surface area (TPSA) is 0 Å². The number of fused-ring (bicyclic) bond motifs is 2. The van der Waals surface area contributed by atoms with Crippen LogP contribution in [0.15, 0.2) is 18.2 Å². The first-order valence-electron chi connectivity index (χ1n) is 5.55. The second-order valence-electron chi connectivity index (χ2n) is 4.77. The van der Waals surface area contributed by atoms with E-state index < -0.39 is 0 Å². The molecule has 0 saturated heterocycles. The first-order chi connectivity index (χ1) is 6.76. The predicted octanol–water partition coefficient (Wildman–Crippen LogP) is 3.95. The summed E-state index contributed by atoms with van der Waals surface area (Å²) in [6.07, 6.45) is 5.35.